The number of benzene rings is 2. The molecule has 9 heteroatoms. The number of esters is 4. The quantitative estimate of drug-likeness (QED) is 0.0417. The molecule has 0 saturated heterocycles. The summed E-state index contributed by atoms with van der Waals surface area (Å²) in [6, 6.07) is 13.5. The number of allylic oxidation sites excluding steroid dienone is 3. The van der Waals surface area contributed by atoms with E-state index in [9.17, 15) is 19.2 Å². The number of thiophene rings is 1. The van der Waals surface area contributed by atoms with E-state index in [1.807, 2.05) is 37.3 Å². The highest BCUT2D eigenvalue weighted by Crippen LogP contribution is 2.36. The van der Waals surface area contributed by atoms with Gasteiger partial charge in [-0.05, 0) is 124 Å². The highest BCUT2D eigenvalue weighted by molar-refractivity contribution is 7.18. The van der Waals surface area contributed by atoms with Gasteiger partial charge in [-0.15, -0.1) is 31.1 Å². The van der Waals surface area contributed by atoms with Crippen LogP contribution < -0.4 is 0 Å². The number of hydrogen-bond donors (Lipinski definition) is 0. The SMILES string of the molecule is C=CCCCCOC(=O)c1cc(C(=O)OCCC)cc(-c2ccc(-c3cc(C(=O)OCCCCC=C)cc(C(=O)OCCCCC=C)c3)s2)c1. The van der Waals surface area contributed by atoms with Crippen LogP contribution in [0.2, 0.25) is 0 Å². The van der Waals surface area contributed by atoms with Gasteiger partial charge in [-0.1, -0.05) is 25.2 Å². The molecule has 0 spiro atoms. The summed E-state index contributed by atoms with van der Waals surface area (Å²) in [6.07, 6.45) is 13.3. The van der Waals surface area contributed by atoms with Crippen LogP contribution in [0.4, 0.5) is 0 Å². The van der Waals surface area contributed by atoms with Gasteiger partial charge in [0, 0.05) is 9.75 Å². The van der Waals surface area contributed by atoms with Crippen molar-refractivity contribution in [1.29, 1.82) is 0 Å². The first-order chi connectivity index (χ1) is 24.3. The van der Waals surface area contributed by atoms with Crippen molar-refractivity contribution in [3.05, 3.63) is 109 Å². The minimum Gasteiger partial charge on any atom is -0.462 e. The monoisotopic (exact) mass is 700 g/mol. The molecule has 0 aliphatic carbocycles. The molecule has 2 aromatic carbocycles. The van der Waals surface area contributed by atoms with Crippen LogP contribution in [0.3, 0.4) is 0 Å². The number of unbranched alkanes of at least 4 members (excludes halogenated alkanes) is 6. The molecule has 0 bridgehead atoms. The first-order valence-corrected chi connectivity index (χ1v) is 18.0. The second kappa shape index (κ2) is 22.1. The Morgan fingerprint density at radius 3 is 1.14 bits per heavy atom. The van der Waals surface area contributed by atoms with Gasteiger partial charge in [-0.2, -0.15) is 0 Å². The third kappa shape index (κ3) is 12.9. The second-order valence-corrected chi connectivity index (χ2v) is 12.7. The normalized spacial score (nSPS) is 10.6. The smallest absolute Gasteiger partial charge is 0.338 e. The summed E-state index contributed by atoms with van der Waals surface area (Å²) in [6.45, 7) is 14.1. The van der Waals surface area contributed by atoms with E-state index in [1.165, 1.54) is 23.5 Å². The summed E-state index contributed by atoms with van der Waals surface area (Å²) < 4.78 is 21.9. The molecular weight excluding hydrogens is 653 g/mol. The van der Waals surface area contributed by atoms with Gasteiger partial charge in [0.2, 0.25) is 0 Å². The first kappa shape index (κ1) is 39.7. The van der Waals surface area contributed by atoms with E-state index < -0.39 is 23.9 Å². The standard InChI is InChI=1S/C41H48O8S/c1-5-9-12-15-21-47-39(43)33-25-30(24-32(28-33)38(42)46-20-8-4)36-18-19-37(50-36)31-26-34(40(44)48-22-16-13-10-6-2)29-35(27-31)41(45)49-23-17-14-11-7-3/h5-7,18-19,24-29H,1-3,8-17,20-23H2,4H3. The Morgan fingerprint density at radius 1 is 0.520 bits per heavy atom. The molecule has 0 unspecified atom stereocenters. The highest BCUT2D eigenvalue weighted by atomic mass is 32.1. The first-order valence-electron chi connectivity index (χ1n) is 17.2. The molecule has 0 fully saturated rings. The molecule has 0 aliphatic rings. The third-order valence-corrected chi connectivity index (χ3v) is 8.71. The Bertz CT molecular complexity index is 1570. The summed E-state index contributed by atoms with van der Waals surface area (Å²) in [5.74, 6) is -2.13. The van der Waals surface area contributed by atoms with Crippen LogP contribution in [0.5, 0.6) is 0 Å². The van der Waals surface area contributed by atoms with E-state index in [4.69, 9.17) is 18.9 Å². The summed E-state index contributed by atoms with van der Waals surface area (Å²) >= 11 is 1.38. The summed E-state index contributed by atoms with van der Waals surface area (Å²) in [7, 11) is 0. The van der Waals surface area contributed by atoms with Crippen molar-refractivity contribution in [2.75, 3.05) is 26.4 Å². The number of hydrogen-bond acceptors (Lipinski definition) is 9. The molecule has 0 aliphatic heterocycles. The Morgan fingerprint density at radius 2 is 0.840 bits per heavy atom. The lowest BCUT2D eigenvalue weighted by atomic mass is 10.0. The molecule has 1 heterocycles. The van der Waals surface area contributed by atoms with Gasteiger partial charge >= 0.3 is 23.9 Å². The van der Waals surface area contributed by atoms with E-state index >= 15 is 0 Å². The molecule has 0 amide bonds. The van der Waals surface area contributed by atoms with Crippen molar-refractivity contribution in [3.8, 4) is 20.9 Å². The molecule has 0 radical (unpaired) electrons. The van der Waals surface area contributed by atoms with Crippen LogP contribution in [-0.2, 0) is 18.9 Å². The van der Waals surface area contributed by atoms with Crippen LogP contribution in [0.15, 0.2) is 86.5 Å². The lowest BCUT2D eigenvalue weighted by Crippen LogP contribution is -2.11. The van der Waals surface area contributed by atoms with Crippen molar-refractivity contribution in [2.45, 2.75) is 71.1 Å². The summed E-state index contributed by atoms with van der Waals surface area (Å²) in [4.78, 5) is 53.7. The minimum atomic E-state index is -0.534. The molecule has 0 saturated carbocycles. The van der Waals surface area contributed by atoms with Gasteiger partial charge in [0.05, 0.1) is 48.7 Å². The third-order valence-electron chi connectivity index (χ3n) is 7.53. The van der Waals surface area contributed by atoms with Gasteiger partial charge in [0.15, 0.2) is 0 Å². The van der Waals surface area contributed by atoms with Crippen molar-refractivity contribution in [3.63, 3.8) is 0 Å². The van der Waals surface area contributed by atoms with E-state index in [2.05, 4.69) is 19.7 Å². The largest absolute Gasteiger partial charge is 0.462 e. The van der Waals surface area contributed by atoms with E-state index in [0.29, 0.717) is 36.8 Å². The fourth-order valence-corrected chi connectivity index (χ4v) is 5.83. The molecular formula is C41H48O8S. The molecule has 8 nitrogen and oxygen atoms in total. The van der Waals surface area contributed by atoms with Gasteiger partial charge < -0.3 is 18.9 Å². The number of rotatable bonds is 23. The predicted molar refractivity (Wildman–Crippen MR) is 199 cm³/mol. The average Bonchev–Trinajstić information content (AvgIpc) is 3.64. The van der Waals surface area contributed by atoms with Gasteiger partial charge in [-0.25, -0.2) is 19.2 Å². The van der Waals surface area contributed by atoms with E-state index in [1.54, 1.807) is 24.3 Å². The number of ether oxygens (including phenoxy) is 4. The van der Waals surface area contributed by atoms with Crippen molar-refractivity contribution in [2.24, 2.45) is 0 Å². The van der Waals surface area contributed by atoms with Crippen LogP contribution in [0.1, 0.15) is 113 Å². The predicted octanol–water partition coefficient (Wildman–Crippen LogP) is 10.2. The maximum absolute atomic E-state index is 13.1. The molecule has 3 aromatic rings. The van der Waals surface area contributed by atoms with Crippen LogP contribution in [0.25, 0.3) is 20.9 Å². The van der Waals surface area contributed by atoms with Crippen molar-refractivity contribution in [1.82, 2.24) is 0 Å². The van der Waals surface area contributed by atoms with Gasteiger partial charge in [-0.3, -0.25) is 0 Å². The zero-order chi connectivity index (χ0) is 36.1. The van der Waals surface area contributed by atoms with Gasteiger partial charge in [0.1, 0.15) is 0 Å². The highest BCUT2D eigenvalue weighted by Gasteiger charge is 2.20. The van der Waals surface area contributed by atoms with Crippen LogP contribution >= 0.6 is 11.3 Å². The lowest BCUT2D eigenvalue weighted by molar-refractivity contribution is 0.0480. The second-order valence-electron chi connectivity index (χ2n) is 11.7. The average molecular weight is 701 g/mol. The van der Waals surface area contributed by atoms with E-state index in [-0.39, 0.29) is 48.7 Å². The molecule has 0 atom stereocenters. The molecule has 1 aromatic heterocycles. The Hall–Kier alpha value is -4.76. The topological polar surface area (TPSA) is 105 Å². The number of carbonyl (C=O) groups excluding carboxylic acids is 4. The van der Waals surface area contributed by atoms with Crippen LogP contribution in [0, 0.1) is 0 Å². The fraction of sp³-hybridized carbons (Fsp3) is 0.366. The number of carbonyl (C=O) groups is 4. The molecule has 50 heavy (non-hydrogen) atoms. The van der Waals surface area contributed by atoms with Crippen molar-refractivity contribution < 1.29 is 38.1 Å². The Balaban J connectivity index is 1.94. The zero-order valence-electron chi connectivity index (χ0n) is 29.0. The van der Waals surface area contributed by atoms with E-state index in [0.717, 1.165) is 48.3 Å². The summed E-state index contributed by atoms with van der Waals surface area (Å²) in [5.41, 5.74) is 2.19. The Kier molecular flexibility index (Phi) is 17.5. The molecule has 0 N–H and O–H groups in total. The zero-order valence-corrected chi connectivity index (χ0v) is 29.9. The van der Waals surface area contributed by atoms with Crippen LogP contribution in [-0.4, -0.2) is 50.3 Å². The lowest BCUT2D eigenvalue weighted by Gasteiger charge is -2.10. The maximum Gasteiger partial charge on any atom is 0.338 e. The summed E-state index contributed by atoms with van der Waals surface area (Å²) in [5, 5.41) is 0. The minimum absolute atomic E-state index is 0.235. The van der Waals surface area contributed by atoms with Crippen molar-refractivity contribution >= 4 is 35.2 Å². The maximum atomic E-state index is 13.1. The molecule has 3 rings (SSSR count). The fourth-order valence-electron chi connectivity index (χ4n) is 4.85. The Labute approximate surface area is 299 Å². The van der Waals surface area contributed by atoms with Gasteiger partial charge in [0.25, 0.3) is 0 Å². The molecule has 266 valence electrons.